The maximum atomic E-state index is 11.0. The molecule has 0 fully saturated rings. The van der Waals surface area contributed by atoms with Crippen LogP contribution in [0.4, 0.5) is 17.2 Å². The van der Waals surface area contributed by atoms with Crippen LogP contribution in [0, 0.1) is 21.4 Å². The molecule has 0 spiro atoms. The summed E-state index contributed by atoms with van der Waals surface area (Å²) >= 11 is 0. The van der Waals surface area contributed by atoms with Crippen LogP contribution >= 0.6 is 0 Å². The second kappa shape index (κ2) is 7.59. The first-order valence-electron chi connectivity index (χ1n) is 6.78. The van der Waals surface area contributed by atoms with Gasteiger partial charge >= 0.3 is 0 Å². The maximum Gasteiger partial charge on any atom is 0.293 e. The van der Waals surface area contributed by atoms with E-state index in [2.05, 4.69) is 15.6 Å². The van der Waals surface area contributed by atoms with Crippen molar-refractivity contribution in [2.45, 2.75) is 6.42 Å². The minimum Gasteiger partial charge on any atom is -0.379 e. The molecule has 112 valence electrons. The third-order valence-corrected chi connectivity index (χ3v) is 2.96. The highest BCUT2D eigenvalue weighted by Gasteiger charge is 2.13. The molecular formula is C15H15N5O2. The van der Waals surface area contributed by atoms with Crippen molar-refractivity contribution in [1.29, 1.82) is 5.26 Å². The predicted octanol–water partition coefficient (Wildman–Crippen LogP) is 2.78. The minimum atomic E-state index is -0.491. The smallest absolute Gasteiger partial charge is 0.293 e. The monoisotopic (exact) mass is 297 g/mol. The van der Waals surface area contributed by atoms with Gasteiger partial charge in [-0.05, 0) is 30.7 Å². The molecule has 0 radical (unpaired) electrons. The third kappa shape index (κ3) is 4.18. The van der Waals surface area contributed by atoms with Crippen molar-refractivity contribution in [1.82, 2.24) is 4.98 Å². The molecule has 2 aromatic rings. The number of nitro groups is 1. The number of benzene rings is 1. The average molecular weight is 297 g/mol. The lowest BCUT2D eigenvalue weighted by Crippen LogP contribution is -2.10. The molecule has 1 aromatic carbocycles. The fourth-order valence-electron chi connectivity index (χ4n) is 1.90. The Balaban J connectivity index is 1.84. The number of nitro benzene ring substituents is 1. The molecule has 0 unspecified atom stereocenters. The van der Waals surface area contributed by atoms with Gasteiger partial charge in [0.25, 0.3) is 5.69 Å². The van der Waals surface area contributed by atoms with Gasteiger partial charge in [0.1, 0.15) is 11.5 Å². The maximum absolute atomic E-state index is 11.0. The first-order chi connectivity index (χ1) is 10.7. The minimum absolute atomic E-state index is 0.0864. The molecule has 22 heavy (non-hydrogen) atoms. The van der Waals surface area contributed by atoms with Gasteiger partial charge in [-0.25, -0.2) is 4.98 Å². The van der Waals surface area contributed by atoms with Crippen molar-refractivity contribution >= 4 is 17.2 Å². The number of hydrogen-bond donors (Lipinski definition) is 2. The molecule has 2 N–H and O–H groups in total. The highest BCUT2D eigenvalue weighted by molar-refractivity contribution is 5.64. The van der Waals surface area contributed by atoms with Gasteiger partial charge in [0.05, 0.1) is 16.6 Å². The Bertz CT molecular complexity index is 682. The molecule has 0 saturated heterocycles. The van der Waals surface area contributed by atoms with Gasteiger partial charge in [-0.3, -0.25) is 10.1 Å². The van der Waals surface area contributed by atoms with E-state index in [0.717, 1.165) is 12.2 Å². The van der Waals surface area contributed by atoms with Crippen molar-refractivity contribution in [3.8, 4) is 6.07 Å². The molecule has 7 heteroatoms. The number of pyridine rings is 1. The molecule has 7 nitrogen and oxygen atoms in total. The summed E-state index contributed by atoms with van der Waals surface area (Å²) in [5, 5.41) is 26.0. The van der Waals surface area contributed by atoms with Crippen molar-refractivity contribution in [2.24, 2.45) is 0 Å². The Hall–Kier alpha value is -3.14. The second-order valence-electron chi connectivity index (χ2n) is 4.52. The van der Waals surface area contributed by atoms with E-state index in [0.29, 0.717) is 18.8 Å². The molecule has 2 rings (SSSR count). The molecule has 0 bridgehead atoms. The van der Waals surface area contributed by atoms with Crippen molar-refractivity contribution in [2.75, 3.05) is 23.7 Å². The number of nitrogens with zero attached hydrogens (tertiary/aromatic N) is 3. The van der Waals surface area contributed by atoms with E-state index in [1.807, 2.05) is 24.3 Å². The Labute approximate surface area is 127 Å². The van der Waals surface area contributed by atoms with E-state index < -0.39 is 4.92 Å². The van der Waals surface area contributed by atoms with E-state index in [-0.39, 0.29) is 11.3 Å². The normalized spacial score (nSPS) is 9.77. The summed E-state index contributed by atoms with van der Waals surface area (Å²) in [5.41, 5.74) is 0.604. The van der Waals surface area contributed by atoms with Crippen LogP contribution < -0.4 is 10.6 Å². The number of aromatic nitrogens is 1. The Morgan fingerprint density at radius 2 is 2.05 bits per heavy atom. The first kappa shape index (κ1) is 15.3. The number of hydrogen-bond acceptors (Lipinski definition) is 6. The lowest BCUT2D eigenvalue weighted by Gasteiger charge is -2.08. The Morgan fingerprint density at radius 3 is 2.73 bits per heavy atom. The number of nitriles is 1. The van der Waals surface area contributed by atoms with Crippen LogP contribution in [-0.2, 0) is 0 Å². The van der Waals surface area contributed by atoms with Crippen LogP contribution in [0.25, 0.3) is 0 Å². The van der Waals surface area contributed by atoms with Crippen molar-refractivity contribution in [3.63, 3.8) is 0 Å². The predicted molar refractivity (Wildman–Crippen MR) is 83.6 cm³/mol. The summed E-state index contributed by atoms with van der Waals surface area (Å²) in [4.78, 5) is 14.6. The largest absolute Gasteiger partial charge is 0.379 e. The van der Waals surface area contributed by atoms with Gasteiger partial charge in [0.2, 0.25) is 0 Å². The average Bonchev–Trinajstić information content (AvgIpc) is 2.55. The quantitative estimate of drug-likeness (QED) is 0.462. The highest BCUT2D eigenvalue weighted by atomic mass is 16.6. The fraction of sp³-hybridized carbons (Fsp3) is 0.200. The molecule has 1 aromatic heterocycles. The summed E-state index contributed by atoms with van der Waals surface area (Å²) < 4.78 is 0. The number of nitrogens with one attached hydrogen (secondary N) is 2. The van der Waals surface area contributed by atoms with Crippen molar-refractivity contribution < 1.29 is 4.92 Å². The molecule has 0 atom stereocenters. The molecule has 0 saturated carbocycles. The molecular weight excluding hydrogens is 282 g/mol. The summed E-state index contributed by atoms with van der Waals surface area (Å²) in [5.74, 6) is 0.798. The SMILES string of the molecule is N#Cc1ccc(NCCCNc2ccccn2)c([N+](=O)[O-])c1. The molecule has 0 aliphatic carbocycles. The van der Waals surface area contributed by atoms with Gasteiger partial charge in [0, 0.05) is 25.4 Å². The summed E-state index contributed by atoms with van der Waals surface area (Å²) in [6.07, 6.45) is 2.48. The molecule has 1 heterocycles. The first-order valence-corrected chi connectivity index (χ1v) is 6.78. The van der Waals surface area contributed by atoms with Gasteiger partial charge in [-0.15, -0.1) is 0 Å². The van der Waals surface area contributed by atoms with Gasteiger partial charge in [-0.2, -0.15) is 5.26 Å². The van der Waals surface area contributed by atoms with Gasteiger partial charge in [-0.1, -0.05) is 6.07 Å². The Kier molecular flexibility index (Phi) is 5.26. The van der Waals surface area contributed by atoms with Gasteiger partial charge < -0.3 is 10.6 Å². The Morgan fingerprint density at radius 1 is 1.23 bits per heavy atom. The van der Waals surface area contributed by atoms with Crippen LogP contribution in [0.3, 0.4) is 0 Å². The number of rotatable bonds is 7. The van der Waals surface area contributed by atoms with E-state index in [4.69, 9.17) is 5.26 Å². The molecule has 0 amide bonds. The third-order valence-electron chi connectivity index (χ3n) is 2.96. The van der Waals surface area contributed by atoms with Crippen LogP contribution in [0.2, 0.25) is 0 Å². The second-order valence-corrected chi connectivity index (χ2v) is 4.52. The van der Waals surface area contributed by atoms with Gasteiger partial charge in [0.15, 0.2) is 0 Å². The molecule has 0 aliphatic rings. The lowest BCUT2D eigenvalue weighted by atomic mass is 10.2. The lowest BCUT2D eigenvalue weighted by molar-refractivity contribution is -0.384. The zero-order chi connectivity index (χ0) is 15.8. The fourth-order valence-corrected chi connectivity index (χ4v) is 1.90. The van der Waals surface area contributed by atoms with Crippen molar-refractivity contribution in [3.05, 3.63) is 58.3 Å². The summed E-state index contributed by atoms with van der Waals surface area (Å²) in [6.45, 7) is 1.28. The zero-order valence-electron chi connectivity index (χ0n) is 11.8. The van der Waals surface area contributed by atoms with E-state index >= 15 is 0 Å². The van der Waals surface area contributed by atoms with E-state index in [1.54, 1.807) is 18.3 Å². The van der Waals surface area contributed by atoms with E-state index in [1.165, 1.54) is 6.07 Å². The van der Waals surface area contributed by atoms with Crippen LogP contribution in [0.5, 0.6) is 0 Å². The van der Waals surface area contributed by atoms with E-state index in [9.17, 15) is 10.1 Å². The summed E-state index contributed by atoms with van der Waals surface area (Å²) in [6, 6.07) is 11.9. The van der Waals surface area contributed by atoms with Crippen LogP contribution in [-0.4, -0.2) is 23.0 Å². The zero-order valence-corrected chi connectivity index (χ0v) is 11.8. The highest BCUT2D eigenvalue weighted by Crippen LogP contribution is 2.25. The standard InChI is InChI=1S/C15H15N5O2/c16-11-12-5-6-13(14(10-12)20(21)22)17-8-3-9-19-15-4-1-2-7-18-15/h1-2,4-7,10,17H,3,8-9H2,(H,18,19). The van der Waals surface area contributed by atoms with Crippen LogP contribution in [0.1, 0.15) is 12.0 Å². The van der Waals surface area contributed by atoms with Crippen LogP contribution in [0.15, 0.2) is 42.6 Å². The topological polar surface area (TPSA) is 104 Å². The molecule has 0 aliphatic heterocycles. The summed E-state index contributed by atoms with van der Waals surface area (Å²) in [7, 11) is 0. The number of anilines is 2.